The van der Waals surface area contributed by atoms with Crippen molar-refractivity contribution in [1.29, 1.82) is 0 Å². The van der Waals surface area contributed by atoms with Gasteiger partial charge in [0, 0.05) is 66.0 Å². The maximum absolute atomic E-state index is 5.92. The zero-order valence-electron chi connectivity index (χ0n) is 15.4. The number of ether oxygens (including phenoxy) is 3. The predicted molar refractivity (Wildman–Crippen MR) is 92.8 cm³/mol. The van der Waals surface area contributed by atoms with Crippen LogP contribution >= 0.6 is 0 Å². The lowest BCUT2D eigenvalue weighted by Crippen LogP contribution is -2.43. The van der Waals surface area contributed by atoms with Gasteiger partial charge in [-0.3, -0.25) is 0 Å². The van der Waals surface area contributed by atoms with Gasteiger partial charge in [0.25, 0.3) is 0 Å². The number of hydrogen-bond donors (Lipinski definition) is 0. The molecule has 140 valence electrons. The van der Waals surface area contributed by atoms with Crippen LogP contribution in [0.25, 0.3) is 0 Å². The molecule has 7 heteroatoms. The van der Waals surface area contributed by atoms with Gasteiger partial charge in [-0.25, -0.2) is 0 Å². The third kappa shape index (κ3) is 15.3. The average molecular weight is 353 g/mol. The van der Waals surface area contributed by atoms with Crippen molar-refractivity contribution >= 4 is 8.80 Å². The molecule has 0 aliphatic rings. The molecule has 6 nitrogen and oxygen atoms in total. The third-order valence-corrected chi connectivity index (χ3v) is 5.19. The van der Waals surface area contributed by atoms with Gasteiger partial charge in [0.2, 0.25) is 0 Å². The molecule has 0 unspecified atom stereocenters. The van der Waals surface area contributed by atoms with Gasteiger partial charge >= 0.3 is 8.80 Å². The summed E-state index contributed by atoms with van der Waals surface area (Å²) in [7, 11) is -2.60. The SMILES string of the molecule is CCOCCCO[Si](C)(OCCCOCC)OCCCOCC. The summed E-state index contributed by atoms with van der Waals surface area (Å²) in [6.45, 7) is 14.0. The molecule has 0 aromatic carbocycles. The van der Waals surface area contributed by atoms with Gasteiger partial charge in [0.1, 0.15) is 0 Å². The van der Waals surface area contributed by atoms with E-state index in [4.69, 9.17) is 27.5 Å². The van der Waals surface area contributed by atoms with Crippen molar-refractivity contribution in [2.45, 2.75) is 46.6 Å². The maximum atomic E-state index is 5.92. The van der Waals surface area contributed by atoms with E-state index in [0.717, 1.165) is 39.1 Å². The highest BCUT2D eigenvalue weighted by molar-refractivity contribution is 6.59. The minimum absolute atomic E-state index is 0.597. The summed E-state index contributed by atoms with van der Waals surface area (Å²) in [6, 6.07) is 0. The molecule has 0 aliphatic carbocycles. The second kappa shape index (κ2) is 16.8. The van der Waals surface area contributed by atoms with E-state index in [0.29, 0.717) is 39.6 Å². The van der Waals surface area contributed by atoms with Crippen LogP contribution in [0.1, 0.15) is 40.0 Å². The van der Waals surface area contributed by atoms with Crippen LogP contribution in [0.4, 0.5) is 0 Å². The highest BCUT2D eigenvalue weighted by atomic mass is 28.4. The van der Waals surface area contributed by atoms with Crippen LogP contribution in [-0.4, -0.2) is 68.3 Å². The predicted octanol–water partition coefficient (Wildman–Crippen LogP) is 2.88. The fraction of sp³-hybridized carbons (Fsp3) is 1.00. The van der Waals surface area contributed by atoms with Crippen LogP contribution in [0.5, 0.6) is 0 Å². The largest absolute Gasteiger partial charge is 0.497 e. The lowest BCUT2D eigenvalue weighted by Gasteiger charge is -2.26. The molecule has 23 heavy (non-hydrogen) atoms. The van der Waals surface area contributed by atoms with E-state index in [1.54, 1.807) is 0 Å². The zero-order valence-corrected chi connectivity index (χ0v) is 16.4. The van der Waals surface area contributed by atoms with Crippen molar-refractivity contribution in [3.8, 4) is 0 Å². The molecule has 0 atom stereocenters. The molecular weight excluding hydrogens is 316 g/mol. The summed E-state index contributed by atoms with van der Waals surface area (Å²) >= 11 is 0. The summed E-state index contributed by atoms with van der Waals surface area (Å²) in [6.07, 6.45) is 2.54. The molecule has 0 aromatic heterocycles. The summed E-state index contributed by atoms with van der Waals surface area (Å²) < 4.78 is 33.7. The Hall–Kier alpha value is -0.0231. The van der Waals surface area contributed by atoms with Gasteiger partial charge in [-0.1, -0.05) is 0 Å². The molecular formula is C16H36O6Si. The summed E-state index contributed by atoms with van der Waals surface area (Å²) in [5.41, 5.74) is 0. The van der Waals surface area contributed by atoms with Crippen LogP contribution < -0.4 is 0 Å². The quantitative estimate of drug-likeness (QED) is 0.279. The lowest BCUT2D eigenvalue weighted by molar-refractivity contribution is 0.0405. The Morgan fingerprint density at radius 3 is 1.09 bits per heavy atom. The minimum Gasteiger partial charge on any atom is -0.382 e. The zero-order chi connectivity index (χ0) is 17.2. The van der Waals surface area contributed by atoms with Crippen molar-refractivity contribution in [3.63, 3.8) is 0 Å². The molecule has 0 saturated heterocycles. The maximum Gasteiger partial charge on any atom is 0.497 e. The van der Waals surface area contributed by atoms with Crippen molar-refractivity contribution < 1.29 is 27.5 Å². The average Bonchev–Trinajstić information content (AvgIpc) is 2.54. The van der Waals surface area contributed by atoms with E-state index < -0.39 is 8.80 Å². The van der Waals surface area contributed by atoms with E-state index in [1.807, 2.05) is 27.3 Å². The molecule has 0 heterocycles. The van der Waals surface area contributed by atoms with Gasteiger partial charge in [-0.05, 0) is 40.0 Å². The topological polar surface area (TPSA) is 55.4 Å². The van der Waals surface area contributed by atoms with Crippen LogP contribution in [0, 0.1) is 0 Å². The lowest BCUT2D eigenvalue weighted by atomic mass is 10.5. The highest BCUT2D eigenvalue weighted by Crippen LogP contribution is 2.11. The molecule has 0 spiro atoms. The molecule has 0 rings (SSSR count). The monoisotopic (exact) mass is 352 g/mol. The minimum atomic E-state index is -2.60. The third-order valence-electron chi connectivity index (χ3n) is 3.00. The van der Waals surface area contributed by atoms with Crippen LogP contribution in [0.15, 0.2) is 0 Å². The van der Waals surface area contributed by atoms with Crippen LogP contribution in [0.2, 0.25) is 6.55 Å². The molecule has 0 aromatic rings. The standard InChI is InChI=1S/C16H36O6Si/c1-5-17-11-8-14-20-23(4,21-15-9-12-18-6-2)22-16-10-13-19-7-3/h5-16H2,1-4H3. The summed E-state index contributed by atoms with van der Waals surface area (Å²) in [5.74, 6) is 0. The Kier molecular flexibility index (Phi) is 16.8. The van der Waals surface area contributed by atoms with E-state index in [2.05, 4.69) is 0 Å². The normalized spacial score (nSPS) is 12.0. The van der Waals surface area contributed by atoms with Crippen molar-refractivity contribution in [3.05, 3.63) is 0 Å². The van der Waals surface area contributed by atoms with Crippen LogP contribution in [0.3, 0.4) is 0 Å². The van der Waals surface area contributed by atoms with Crippen LogP contribution in [-0.2, 0) is 27.5 Å². The van der Waals surface area contributed by atoms with Gasteiger partial charge < -0.3 is 27.5 Å². The first-order chi connectivity index (χ1) is 11.2. The molecule has 0 fully saturated rings. The Morgan fingerprint density at radius 1 is 0.522 bits per heavy atom. The Morgan fingerprint density at radius 2 is 0.826 bits per heavy atom. The Balaban J connectivity index is 4.00. The second-order valence-corrected chi connectivity index (χ2v) is 7.65. The van der Waals surface area contributed by atoms with Gasteiger partial charge in [-0.15, -0.1) is 0 Å². The van der Waals surface area contributed by atoms with Gasteiger partial charge in [0.15, 0.2) is 0 Å². The first kappa shape index (κ1) is 23.0. The van der Waals surface area contributed by atoms with Crippen molar-refractivity contribution in [1.82, 2.24) is 0 Å². The number of rotatable bonds is 18. The van der Waals surface area contributed by atoms with Crippen molar-refractivity contribution in [2.75, 3.05) is 59.5 Å². The van der Waals surface area contributed by atoms with E-state index in [-0.39, 0.29) is 0 Å². The summed E-state index contributed by atoms with van der Waals surface area (Å²) in [4.78, 5) is 0. The first-order valence-electron chi connectivity index (χ1n) is 8.83. The second-order valence-electron chi connectivity index (χ2n) is 5.06. The Bertz CT molecular complexity index is 207. The smallest absolute Gasteiger partial charge is 0.382 e. The van der Waals surface area contributed by atoms with Crippen molar-refractivity contribution in [2.24, 2.45) is 0 Å². The first-order valence-corrected chi connectivity index (χ1v) is 11.1. The van der Waals surface area contributed by atoms with Gasteiger partial charge in [-0.2, -0.15) is 0 Å². The summed E-state index contributed by atoms with van der Waals surface area (Å²) in [5, 5.41) is 0. The molecule has 0 radical (unpaired) electrons. The number of hydrogen-bond acceptors (Lipinski definition) is 6. The molecule has 0 amide bonds. The molecule has 0 N–H and O–H groups in total. The highest BCUT2D eigenvalue weighted by Gasteiger charge is 2.34. The van der Waals surface area contributed by atoms with E-state index >= 15 is 0 Å². The fourth-order valence-electron chi connectivity index (χ4n) is 1.81. The Labute approximate surface area is 143 Å². The molecule has 0 bridgehead atoms. The van der Waals surface area contributed by atoms with E-state index in [1.165, 1.54) is 0 Å². The van der Waals surface area contributed by atoms with Gasteiger partial charge in [0.05, 0.1) is 0 Å². The van der Waals surface area contributed by atoms with E-state index in [9.17, 15) is 0 Å². The molecule has 0 saturated carbocycles. The molecule has 0 aliphatic heterocycles. The fourth-order valence-corrected chi connectivity index (χ4v) is 3.61.